The van der Waals surface area contributed by atoms with Crippen LogP contribution in [0.25, 0.3) is 0 Å². The van der Waals surface area contributed by atoms with Gasteiger partial charge in [0.1, 0.15) is 17.9 Å². The molecule has 0 bridgehead atoms. The molecule has 0 aromatic heterocycles. The van der Waals surface area contributed by atoms with E-state index in [9.17, 15) is 14.0 Å². The predicted molar refractivity (Wildman–Crippen MR) is 76.9 cm³/mol. The van der Waals surface area contributed by atoms with Crippen LogP contribution in [0.2, 0.25) is 0 Å². The van der Waals surface area contributed by atoms with Crippen LogP contribution in [-0.2, 0) is 4.79 Å². The van der Waals surface area contributed by atoms with Crippen molar-refractivity contribution in [3.8, 4) is 5.75 Å². The maximum Gasteiger partial charge on any atom is 0.265 e. The highest BCUT2D eigenvalue weighted by Crippen LogP contribution is 2.16. The fourth-order valence-corrected chi connectivity index (χ4v) is 1.72. The van der Waals surface area contributed by atoms with E-state index < -0.39 is 17.8 Å². The molecule has 0 fully saturated rings. The van der Waals surface area contributed by atoms with Crippen molar-refractivity contribution in [2.45, 2.75) is 13.0 Å². The number of carbonyl (C=O) groups is 2. The molecule has 2 aromatic carbocycles. The van der Waals surface area contributed by atoms with E-state index in [1.165, 1.54) is 24.3 Å². The Morgan fingerprint density at radius 3 is 2.71 bits per heavy atom. The molecule has 21 heavy (non-hydrogen) atoms. The highest BCUT2D eigenvalue weighted by atomic mass is 19.1. The van der Waals surface area contributed by atoms with Gasteiger partial charge in [0.2, 0.25) is 0 Å². The molecule has 4 nitrogen and oxygen atoms in total. The quantitative estimate of drug-likeness (QED) is 0.860. The van der Waals surface area contributed by atoms with Gasteiger partial charge in [-0.2, -0.15) is 0 Å². The molecule has 0 radical (unpaired) electrons. The third-order valence-electron chi connectivity index (χ3n) is 2.81. The lowest BCUT2D eigenvalue weighted by molar-refractivity contribution is -0.122. The van der Waals surface area contributed by atoms with Crippen LogP contribution in [-0.4, -0.2) is 18.3 Å². The van der Waals surface area contributed by atoms with Gasteiger partial charge in [-0.15, -0.1) is 0 Å². The molecule has 0 saturated carbocycles. The molecule has 0 saturated heterocycles. The van der Waals surface area contributed by atoms with Crippen molar-refractivity contribution < 1.29 is 18.7 Å². The Kier molecular flexibility index (Phi) is 4.66. The lowest BCUT2D eigenvalue weighted by Gasteiger charge is -2.15. The molecular formula is C16H14FNO3. The third kappa shape index (κ3) is 3.89. The van der Waals surface area contributed by atoms with E-state index in [1.54, 1.807) is 31.2 Å². The molecule has 2 aromatic rings. The number of aldehydes is 1. The van der Waals surface area contributed by atoms with Crippen LogP contribution in [0, 0.1) is 5.82 Å². The summed E-state index contributed by atoms with van der Waals surface area (Å²) in [6.45, 7) is 1.55. The molecular weight excluding hydrogens is 273 g/mol. The SMILES string of the molecule is CC(Oc1cccc(C=O)c1)C(=O)Nc1ccccc1F. The van der Waals surface area contributed by atoms with E-state index in [0.29, 0.717) is 17.6 Å². The van der Waals surface area contributed by atoms with Gasteiger partial charge in [0.25, 0.3) is 5.91 Å². The molecule has 1 unspecified atom stereocenters. The second-order valence-electron chi connectivity index (χ2n) is 4.42. The number of carbonyl (C=O) groups excluding carboxylic acids is 2. The van der Waals surface area contributed by atoms with Gasteiger partial charge >= 0.3 is 0 Å². The fraction of sp³-hybridized carbons (Fsp3) is 0.125. The molecule has 0 aliphatic carbocycles. The minimum Gasteiger partial charge on any atom is -0.481 e. The molecule has 1 amide bonds. The van der Waals surface area contributed by atoms with Gasteiger partial charge in [0, 0.05) is 5.56 Å². The maximum atomic E-state index is 13.4. The highest BCUT2D eigenvalue weighted by molar-refractivity contribution is 5.94. The minimum atomic E-state index is -0.827. The summed E-state index contributed by atoms with van der Waals surface area (Å²) in [6, 6.07) is 12.3. The average molecular weight is 287 g/mol. The van der Waals surface area contributed by atoms with Crippen molar-refractivity contribution in [1.82, 2.24) is 0 Å². The molecule has 2 rings (SSSR count). The number of rotatable bonds is 5. The van der Waals surface area contributed by atoms with Crippen molar-refractivity contribution in [3.05, 3.63) is 59.9 Å². The molecule has 0 spiro atoms. The summed E-state index contributed by atoms with van der Waals surface area (Å²) in [7, 11) is 0. The number of hydrogen-bond acceptors (Lipinski definition) is 3. The molecule has 0 heterocycles. The first kappa shape index (κ1) is 14.7. The Morgan fingerprint density at radius 1 is 1.24 bits per heavy atom. The average Bonchev–Trinajstić information content (AvgIpc) is 2.49. The number of nitrogens with one attached hydrogen (secondary N) is 1. The van der Waals surface area contributed by atoms with Crippen LogP contribution < -0.4 is 10.1 Å². The van der Waals surface area contributed by atoms with Crippen LogP contribution in [0.4, 0.5) is 10.1 Å². The summed E-state index contributed by atoms with van der Waals surface area (Å²) in [5.74, 6) is -0.589. The summed E-state index contributed by atoms with van der Waals surface area (Å²) < 4.78 is 18.9. The van der Waals surface area contributed by atoms with Gasteiger partial charge in [-0.1, -0.05) is 24.3 Å². The smallest absolute Gasteiger partial charge is 0.265 e. The number of amides is 1. The second kappa shape index (κ2) is 6.65. The number of halogens is 1. The van der Waals surface area contributed by atoms with E-state index in [2.05, 4.69) is 5.32 Å². The minimum absolute atomic E-state index is 0.0968. The third-order valence-corrected chi connectivity index (χ3v) is 2.81. The van der Waals surface area contributed by atoms with E-state index in [4.69, 9.17) is 4.74 Å². The number of benzene rings is 2. The maximum absolute atomic E-state index is 13.4. The zero-order valence-corrected chi connectivity index (χ0v) is 11.4. The summed E-state index contributed by atoms with van der Waals surface area (Å²) >= 11 is 0. The normalized spacial score (nSPS) is 11.5. The number of anilines is 1. The molecule has 0 aliphatic heterocycles. The number of ether oxygens (including phenoxy) is 1. The monoisotopic (exact) mass is 287 g/mol. The Balaban J connectivity index is 2.02. The standard InChI is InChI=1S/C16H14FNO3/c1-11(21-13-6-4-5-12(9-13)10-19)16(20)18-15-8-3-2-7-14(15)17/h2-11H,1H3,(H,18,20). The lowest BCUT2D eigenvalue weighted by Crippen LogP contribution is -2.30. The van der Waals surface area contributed by atoms with Gasteiger partial charge in [0.05, 0.1) is 5.69 Å². The molecule has 0 aliphatic rings. The second-order valence-corrected chi connectivity index (χ2v) is 4.42. The van der Waals surface area contributed by atoms with Crippen molar-refractivity contribution in [2.24, 2.45) is 0 Å². The van der Waals surface area contributed by atoms with Crippen molar-refractivity contribution in [3.63, 3.8) is 0 Å². The zero-order chi connectivity index (χ0) is 15.2. The molecule has 1 atom stereocenters. The van der Waals surface area contributed by atoms with Gasteiger partial charge in [-0.05, 0) is 31.2 Å². The Labute approximate surface area is 121 Å². The van der Waals surface area contributed by atoms with Crippen LogP contribution in [0.1, 0.15) is 17.3 Å². The summed E-state index contributed by atoms with van der Waals surface area (Å²) in [5.41, 5.74) is 0.550. The Hall–Kier alpha value is -2.69. The Morgan fingerprint density at radius 2 is 2.00 bits per heavy atom. The Bertz CT molecular complexity index is 657. The summed E-state index contributed by atoms with van der Waals surface area (Å²) in [4.78, 5) is 22.6. The first-order chi connectivity index (χ1) is 10.1. The highest BCUT2D eigenvalue weighted by Gasteiger charge is 2.16. The lowest BCUT2D eigenvalue weighted by atomic mass is 10.2. The van der Waals surface area contributed by atoms with Gasteiger partial charge in [0.15, 0.2) is 6.10 Å². The fourth-order valence-electron chi connectivity index (χ4n) is 1.72. The molecule has 1 N–H and O–H groups in total. The largest absolute Gasteiger partial charge is 0.481 e. The summed E-state index contributed by atoms with van der Waals surface area (Å²) in [5, 5.41) is 2.45. The van der Waals surface area contributed by atoms with Gasteiger partial charge in [-0.3, -0.25) is 9.59 Å². The van der Waals surface area contributed by atoms with Crippen molar-refractivity contribution in [1.29, 1.82) is 0 Å². The van der Waals surface area contributed by atoms with Gasteiger partial charge in [-0.25, -0.2) is 4.39 Å². The summed E-state index contributed by atoms with van der Waals surface area (Å²) in [6.07, 6.45) is -0.136. The zero-order valence-electron chi connectivity index (χ0n) is 11.4. The van der Waals surface area contributed by atoms with Crippen LogP contribution >= 0.6 is 0 Å². The van der Waals surface area contributed by atoms with Gasteiger partial charge < -0.3 is 10.1 Å². The first-order valence-electron chi connectivity index (χ1n) is 6.37. The van der Waals surface area contributed by atoms with Crippen molar-refractivity contribution in [2.75, 3.05) is 5.32 Å². The topological polar surface area (TPSA) is 55.4 Å². The van der Waals surface area contributed by atoms with E-state index in [1.807, 2.05) is 0 Å². The first-order valence-corrected chi connectivity index (χ1v) is 6.37. The van der Waals surface area contributed by atoms with E-state index in [-0.39, 0.29) is 5.69 Å². The van der Waals surface area contributed by atoms with Crippen LogP contribution in [0.5, 0.6) is 5.75 Å². The predicted octanol–water partition coefficient (Wildman–Crippen LogP) is 3.04. The van der Waals surface area contributed by atoms with Crippen LogP contribution in [0.3, 0.4) is 0 Å². The molecule has 5 heteroatoms. The number of para-hydroxylation sites is 1. The number of hydrogen-bond donors (Lipinski definition) is 1. The van der Waals surface area contributed by atoms with Crippen LogP contribution in [0.15, 0.2) is 48.5 Å². The van der Waals surface area contributed by atoms with E-state index in [0.717, 1.165) is 0 Å². The molecule has 108 valence electrons. The van der Waals surface area contributed by atoms with Crippen molar-refractivity contribution >= 4 is 17.9 Å². The van der Waals surface area contributed by atoms with E-state index >= 15 is 0 Å².